The molecule has 1 aromatic heterocycles. The number of hydrogen-bond donors (Lipinski definition) is 2. The highest BCUT2D eigenvalue weighted by Crippen LogP contribution is 2.30. The van der Waals surface area contributed by atoms with Crippen molar-refractivity contribution in [3.63, 3.8) is 0 Å². The molecule has 30 heavy (non-hydrogen) atoms. The standard InChI is InChI=1S/C22H27N5O2.HI/c1-4-29-20-10-9-19(13-21(20)28-3)26-22(23-2)25-14-17-5-7-18(8-6-17)15-27-12-11-24-16-27;/h5-13,16H,4,14-15H2,1-3H3,(H2,23,25,26);1H. The lowest BCUT2D eigenvalue weighted by Gasteiger charge is -2.15. The Bertz CT molecular complexity index is 927. The quantitative estimate of drug-likeness (QED) is 0.265. The number of rotatable bonds is 8. The molecule has 7 nitrogen and oxygen atoms in total. The van der Waals surface area contributed by atoms with Crippen molar-refractivity contribution < 1.29 is 9.47 Å². The molecule has 0 saturated heterocycles. The van der Waals surface area contributed by atoms with Crippen molar-refractivity contribution in [3.8, 4) is 11.5 Å². The van der Waals surface area contributed by atoms with Gasteiger partial charge in [-0.25, -0.2) is 4.98 Å². The van der Waals surface area contributed by atoms with Crippen LogP contribution in [0, 0.1) is 0 Å². The van der Waals surface area contributed by atoms with Crippen LogP contribution >= 0.6 is 24.0 Å². The molecule has 3 aromatic rings. The lowest BCUT2D eigenvalue weighted by molar-refractivity contribution is 0.311. The van der Waals surface area contributed by atoms with E-state index in [-0.39, 0.29) is 24.0 Å². The van der Waals surface area contributed by atoms with Crippen LogP contribution in [0.15, 0.2) is 66.2 Å². The van der Waals surface area contributed by atoms with Gasteiger partial charge in [0.1, 0.15) is 0 Å². The van der Waals surface area contributed by atoms with Crippen molar-refractivity contribution in [2.24, 2.45) is 4.99 Å². The van der Waals surface area contributed by atoms with Crippen molar-refractivity contribution in [1.82, 2.24) is 14.9 Å². The second kappa shape index (κ2) is 12.1. The van der Waals surface area contributed by atoms with Gasteiger partial charge in [0.2, 0.25) is 0 Å². The maximum atomic E-state index is 5.56. The highest BCUT2D eigenvalue weighted by atomic mass is 127. The molecule has 0 aliphatic rings. The van der Waals surface area contributed by atoms with Crippen LogP contribution in [-0.2, 0) is 13.1 Å². The number of hydrogen-bond acceptors (Lipinski definition) is 4. The summed E-state index contributed by atoms with van der Waals surface area (Å²) in [5, 5.41) is 6.61. The Morgan fingerprint density at radius 3 is 2.50 bits per heavy atom. The Kier molecular flexibility index (Phi) is 9.46. The van der Waals surface area contributed by atoms with Crippen LogP contribution in [0.3, 0.4) is 0 Å². The van der Waals surface area contributed by atoms with Crippen LogP contribution in [0.5, 0.6) is 11.5 Å². The summed E-state index contributed by atoms with van der Waals surface area (Å²) in [5.41, 5.74) is 3.27. The summed E-state index contributed by atoms with van der Waals surface area (Å²) in [6, 6.07) is 14.2. The lowest BCUT2D eigenvalue weighted by Crippen LogP contribution is -2.30. The van der Waals surface area contributed by atoms with Crippen molar-refractivity contribution in [3.05, 3.63) is 72.3 Å². The second-order valence-corrected chi connectivity index (χ2v) is 6.40. The summed E-state index contributed by atoms with van der Waals surface area (Å²) in [7, 11) is 3.38. The topological polar surface area (TPSA) is 72.7 Å². The molecule has 0 aliphatic carbocycles. The first kappa shape index (κ1) is 23.5. The molecule has 0 unspecified atom stereocenters. The molecule has 0 aliphatic heterocycles. The summed E-state index contributed by atoms with van der Waals surface area (Å²) >= 11 is 0. The van der Waals surface area contributed by atoms with Gasteiger partial charge in [-0.2, -0.15) is 0 Å². The lowest BCUT2D eigenvalue weighted by atomic mass is 10.1. The molecule has 0 atom stereocenters. The number of nitrogens with one attached hydrogen (secondary N) is 2. The molecule has 0 saturated carbocycles. The third-order valence-electron chi connectivity index (χ3n) is 4.36. The van der Waals surface area contributed by atoms with E-state index in [1.54, 1.807) is 20.4 Å². The molecule has 0 spiro atoms. The van der Waals surface area contributed by atoms with Crippen molar-refractivity contribution in [1.29, 1.82) is 0 Å². The first-order chi connectivity index (χ1) is 14.2. The predicted octanol–water partition coefficient (Wildman–Crippen LogP) is 4.14. The minimum atomic E-state index is 0. The second-order valence-electron chi connectivity index (χ2n) is 6.40. The molecular weight excluding hydrogens is 493 g/mol. The SMILES string of the molecule is CCOc1ccc(NC(=NC)NCc2ccc(Cn3ccnc3)cc2)cc1OC.I. The summed E-state index contributed by atoms with van der Waals surface area (Å²) in [6.45, 7) is 4.02. The normalized spacial score (nSPS) is 10.8. The Morgan fingerprint density at radius 1 is 1.10 bits per heavy atom. The molecular formula is C22H28IN5O2. The molecule has 0 fully saturated rings. The molecule has 0 radical (unpaired) electrons. The summed E-state index contributed by atoms with van der Waals surface area (Å²) in [6.07, 6.45) is 5.57. The maximum absolute atomic E-state index is 5.56. The van der Waals surface area contributed by atoms with Crippen LogP contribution < -0.4 is 20.1 Å². The minimum Gasteiger partial charge on any atom is -0.493 e. The van der Waals surface area contributed by atoms with Crippen molar-refractivity contribution in [2.45, 2.75) is 20.0 Å². The number of aromatic nitrogens is 2. The van der Waals surface area contributed by atoms with Crippen LogP contribution in [-0.4, -0.2) is 36.3 Å². The number of benzene rings is 2. The fourth-order valence-corrected chi connectivity index (χ4v) is 2.88. The van der Waals surface area contributed by atoms with Gasteiger partial charge in [0.05, 0.1) is 20.0 Å². The van der Waals surface area contributed by atoms with Gasteiger partial charge in [-0.15, -0.1) is 24.0 Å². The average molecular weight is 521 g/mol. The number of anilines is 1. The smallest absolute Gasteiger partial charge is 0.195 e. The highest BCUT2D eigenvalue weighted by Gasteiger charge is 2.07. The van der Waals surface area contributed by atoms with Gasteiger partial charge in [-0.1, -0.05) is 24.3 Å². The van der Waals surface area contributed by atoms with Crippen molar-refractivity contribution in [2.75, 3.05) is 26.1 Å². The zero-order valence-electron chi connectivity index (χ0n) is 17.5. The van der Waals surface area contributed by atoms with E-state index in [1.165, 1.54) is 11.1 Å². The van der Waals surface area contributed by atoms with Crippen LogP contribution in [0.25, 0.3) is 0 Å². The van der Waals surface area contributed by atoms with E-state index in [1.807, 2.05) is 42.2 Å². The van der Waals surface area contributed by atoms with Gasteiger partial charge >= 0.3 is 0 Å². The Morgan fingerprint density at radius 2 is 1.87 bits per heavy atom. The van der Waals surface area contributed by atoms with E-state index >= 15 is 0 Å². The Balaban J connectivity index is 0.00000320. The molecule has 2 aromatic carbocycles. The molecule has 0 bridgehead atoms. The van der Waals surface area contributed by atoms with E-state index in [0.29, 0.717) is 24.9 Å². The van der Waals surface area contributed by atoms with Crippen LogP contribution in [0.4, 0.5) is 5.69 Å². The van der Waals surface area contributed by atoms with Crippen LogP contribution in [0.1, 0.15) is 18.1 Å². The van der Waals surface area contributed by atoms with Crippen LogP contribution in [0.2, 0.25) is 0 Å². The molecule has 8 heteroatoms. The molecule has 3 rings (SSSR count). The van der Waals surface area contributed by atoms with Gasteiger partial charge in [-0.3, -0.25) is 4.99 Å². The van der Waals surface area contributed by atoms with Gasteiger partial charge in [-0.05, 0) is 30.2 Å². The van der Waals surface area contributed by atoms with Gasteiger partial charge in [0, 0.05) is 44.3 Å². The Labute approximate surface area is 194 Å². The first-order valence-electron chi connectivity index (χ1n) is 9.54. The van der Waals surface area contributed by atoms with E-state index in [0.717, 1.165) is 18.0 Å². The van der Waals surface area contributed by atoms with Gasteiger partial charge in [0.25, 0.3) is 0 Å². The third-order valence-corrected chi connectivity index (χ3v) is 4.36. The molecule has 0 amide bonds. The molecule has 160 valence electrons. The highest BCUT2D eigenvalue weighted by molar-refractivity contribution is 14.0. The first-order valence-corrected chi connectivity index (χ1v) is 9.54. The monoisotopic (exact) mass is 521 g/mol. The number of methoxy groups -OCH3 is 1. The van der Waals surface area contributed by atoms with E-state index in [9.17, 15) is 0 Å². The molecule has 1 heterocycles. The van der Waals surface area contributed by atoms with E-state index < -0.39 is 0 Å². The number of nitrogens with zero attached hydrogens (tertiary/aromatic N) is 3. The third kappa shape index (κ3) is 6.65. The van der Waals surface area contributed by atoms with E-state index in [4.69, 9.17) is 9.47 Å². The zero-order valence-corrected chi connectivity index (χ0v) is 19.8. The number of guanidine groups is 1. The fraction of sp³-hybridized carbons (Fsp3) is 0.273. The number of halogens is 1. The van der Waals surface area contributed by atoms with Gasteiger partial charge < -0.3 is 24.7 Å². The fourth-order valence-electron chi connectivity index (χ4n) is 2.88. The number of ether oxygens (including phenoxy) is 2. The summed E-state index contributed by atoms with van der Waals surface area (Å²) < 4.78 is 13.0. The minimum absolute atomic E-state index is 0. The number of aliphatic imine (C=N–C) groups is 1. The largest absolute Gasteiger partial charge is 0.493 e. The van der Waals surface area contributed by atoms with Crippen molar-refractivity contribution >= 4 is 35.6 Å². The van der Waals surface area contributed by atoms with Gasteiger partial charge in [0.15, 0.2) is 17.5 Å². The predicted molar refractivity (Wildman–Crippen MR) is 131 cm³/mol. The van der Waals surface area contributed by atoms with E-state index in [2.05, 4.69) is 44.9 Å². The molecule has 2 N–H and O–H groups in total. The Hall–Kier alpha value is -2.75. The summed E-state index contributed by atoms with van der Waals surface area (Å²) in [4.78, 5) is 8.36. The maximum Gasteiger partial charge on any atom is 0.195 e. The summed E-state index contributed by atoms with van der Waals surface area (Å²) in [5.74, 6) is 2.08. The number of imidazole rings is 1. The zero-order chi connectivity index (χ0) is 20.5. The average Bonchev–Trinajstić information content (AvgIpc) is 3.26.